The van der Waals surface area contributed by atoms with E-state index in [0.29, 0.717) is 31.8 Å². The van der Waals surface area contributed by atoms with Crippen LogP contribution in [-0.4, -0.2) is 41.4 Å². The average Bonchev–Trinajstić information content (AvgIpc) is 3.02. The second-order valence-electron chi connectivity index (χ2n) is 6.60. The van der Waals surface area contributed by atoms with E-state index in [1.54, 1.807) is 4.90 Å². The standard InChI is InChI=1S/C15H23N3O3/c19-12(7-6-11-4-2-1-3-5-11)18-9-8-15(10-18)13(20)16-14(21)17-15/h11H,1-10H2,(H2,16,17,20,21)/t15-/m0/s1. The molecule has 6 nitrogen and oxygen atoms in total. The lowest BCUT2D eigenvalue weighted by molar-refractivity contribution is -0.131. The minimum absolute atomic E-state index is 0.117. The van der Waals surface area contributed by atoms with E-state index in [9.17, 15) is 14.4 Å². The van der Waals surface area contributed by atoms with Crippen molar-refractivity contribution in [3.8, 4) is 0 Å². The van der Waals surface area contributed by atoms with Gasteiger partial charge in [-0.3, -0.25) is 14.9 Å². The smallest absolute Gasteiger partial charge is 0.322 e. The van der Waals surface area contributed by atoms with E-state index in [1.807, 2.05) is 0 Å². The fraction of sp³-hybridized carbons (Fsp3) is 0.800. The number of nitrogens with one attached hydrogen (secondary N) is 2. The molecule has 0 aromatic rings. The second-order valence-corrected chi connectivity index (χ2v) is 6.60. The Morgan fingerprint density at radius 1 is 1.24 bits per heavy atom. The van der Waals surface area contributed by atoms with Gasteiger partial charge in [-0.2, -0.15) is 0 Å². The van der Waals surface area contributed by atoms with Crippen molar-refractivity contribution in [3.63, 3.8) is 0 Å². The van der Waals surface area contributed by atoms with Crippen molar-refractivity contribution in [1.82, 2.24) is 15.5 Å². The van der Waals surface area contributed by atoms with Crippen molar-refractivity contribution < 1.29 is 14.4 Å². The van der Waals surface area contributed by atoms with Crippen LogP contribution in [0.25, 0.3) is 0 Å². The van der Waals surface area contributed by atoms with E-state index < -0.39 is 11.6 Å². The van der Waals surface area contributed by atoms with Gasteiger partial charge in [-0.15, -0.1) is 0 Å². The maximum atomic E-state index is 12.3. The molecule has 6 heteroatoms. The monoisotopic (exact) mass is 293 g/mol. The van der Waals surface area contributed by atoms with Gasteiger partial charge in [0.2, 0.25) is 5.91 Å². The zero-order valence-electron chi connectivity index (χ0n) is 12.3. The predicted molar refractivity (Wildman–Crippen MR) is 76.4 cm³/mol. The molecule has 0 aromatic carbocycles. The lowest BCUT2D eigenvalue weighted by atomic mass is 9.86. The number of rotatable bonds is 3. The highest BCUT2D eigenvalue weighted by Crippen LogP contribution is 2.29. The molecule has 3 aliphatic rings. The SMILES string of the molecule is O=C1NC(=O)[C@@]2(CCN(C(=O)CCC3CCCCC3)C2)N1. The Kier molecular flexibility index (Phi) is 3.87. The second kappa shape index (κ2) is 5.66. The Hall–Kier alpha value is -1.59. The summed E-state index contributed by atoms with van der Waals surface area (Å²) in [6.07, 6.45) is 8.44. The molecular weight excluding hydrogens is 270 g/mol. The van der Waals surface area contributed by atoms with Crippen molar-refractivity contribution in [1.29, 1.82) is 0 Å². The van der Waals surface area contributed by atoms with E-state index in [1.165, 1.54) is 32.1 Å². The Morgan fingerprint density at radius 3 is 2.67 bits per heavy atom. The summed E-state index contributed by atoms with van der Waals surface area (Å²) in [4.78, 5) is 37.2. The summed E-state index contributed by atoms with van der Waals surface area (Å²) >= 11 is 0. The van der Waals surface area contributed by atoms with Crippen LogP contribution in [0.2, 0.25) is 0 Å². The summed E-state index contributed by atoms with van der Waals surface area (Å²) in [5.74, 6) is 0.509. The summed E-state index contributed by atoms with van der Waals surface area (Å²) < 4.78 is 0. The highest BCUT2D eigenvalue weighted by Gasteiger charge is 2.51. The molecule has 1 saturated carbocycles. The fourth-order valence-corrected chi connectivity index (χ4v) is 3.80. The molecule has 1 aliphatic carbocycles. The number of imide groups is 1. The molecule has 0 unspecified atom stereocenters. The Balaban J connectivity index is 1.50. The molecule has 0 radical (unpaired) electrons. The van der Waals surface area contributed by atoms with Crippen LogP contribution >= 0.6 is 0 Å². The fourth-order valence-electron chi connectivity index (χ4n) is 3.80. The third-order valence-electron chi connectivity index (χ3n) is 5.13. The van der Waals surface area contributed by atoms with Gasteiger partial charge in [0, 0.05) is 13.0 Å². The summed E-state index contributed by atoms with van der Waals surface area (Å²) in [7, 11) is 0. The zero-order valence-corrected chi connectivity index (χ0v) is 12.3. The Bertz CT molecular complexity index is 459. The van der Waals surface area contributed by atoms with Gasteiger partial charge in [-0.1, -0.05) is 32.1 Å². The summed E-state index contributed by atoms with van der Waals surface area (Å²) in [5, 5.41) is 4.94. The lowest BCUT2D eigenvalue weighted by Gasteiger charge is -2.24. The molecule has 2 saturated heterocycles. The first-order chi connectivity index (χ1) is 10.1. The van der Waals surface area contributed by atoms with Crippen LogP contribution in [0.5, 0.6) is 0 Å². The maximum Gasteiger partial charge on any atom is 0.322 e. The minimum Gasteiger partial charge on any atom is -0.340 e. The van der Waals surface area contributed by atoms with Gasteiger partial charge in [0.25, 0.3) is 5.91 Å². The molecule has 1 spiro atoms. The van der Waals surface area contributed by atoms with Crippen LogP contribution in [-0.2, 0) is 9.59 Å². The molecule has 21 heavy (non-hydrogen) atoms. The van der Waals surface area contributed by atoms with E-state index >= 15 is 0 Å². The van der Waals surface area contributed by atoms with Crippen molar-refractivity contribution >= 4 is 17.8 Å². The first kappa shape index (κ1) is 14.4. The first-order valence-electron chi connectivity index (χ1n) is 8.00. The van der Waals surface area contributed by atoms with E-state index in [2.05, 4.69) is 10.6 Å². The van der Waals surface area contributed by atoms with E-state index in [4.69, 9.17) is 0 Å². The molecule has 0 bridgehead atoms. The highest BCUT2D eigenvalue weighted by molar-refractivity contribution is 6.07. The van der Waals surface area contributed by atoms with Gasteiger partial charge >= 0.3 is 6.03 Å². The third kappa shape index (κ3) is 2.89. The van der Waals surface area contributed by atoms with Crippen LogP contribution in [0.1, 0.15) is 51.4 Å². The van der Waals surface area contributed by atoms with Gasteiger partial charge in [0.1, 0.15) is 5.54 Å². The molecule has 4 amide bonds. The van der Waals surface area contributed by atoms with Gasteiger partial charge < -0.3 is 10.2 Å². The van der Waals surface area contributed by atoms with Crippen molar-refractivity contribution in [2.45, 2.75) is 56.9 Å². The van der Waals surface area contributed by atoms with Crippen molar-refractivity contribution in [2.24, 2.45) is 5.92 Å². The van der Waals surface area contributed by atoms with Gasteiger partial charge in [0.05, 0.1) is 6.54 Å². The van der Waals surface area contributed by atoms with E-state index in [0.717, 1.165) is 6.42 Å². The quantitative estimate of drug-likeness (QED) is 0.766. The van der Waals surface area contributed by atoms with Crippen molar-refractivity contribution in [3.05, 3.63) is 0 Å². The zero-order chi connectivity index (χ0) is 14.9. The van der Waals surface area contributed by atoms with Crippen LogP contribution in [0.4, 0.5) is 4.79 Å². The molecule has 116 valence electrons. The predicted octanol–water partition coefficient (Wildman–Crippen LogP) is 1.16. The molecule has 3 rings (SSSR count). The molecule has 0 aromatic heterocycles. The number of carbonyl (C=O) groups excluding carboxylic acids is 3. The summed E-state index contributed by atoms with van der Waals surface area (Å²) in [5.41, 5.74) is -0.877. The minimum atomic E-state index is -0.877. The summed E-state index contributed by atoms with van der Waals surface area (Å²) in [6, 6.07) is -0.448. The van der Waals surface area contributed by atoms with Gasteiger partial charge in [-0.25, -0.2) is 4.79 Å². The van der Waals surface area contributed by atoms with Crippen LogP contribution in [0.3, 0.4) is 0 Å². The summed E-state index contributed by atoms with van der Waals surface area (Å²) in [6.45, 7) is 0.866. The molecule has 1 atom stereocenters. The topological polar surface area (TPSA) is 78.5 Å². The molecular formula is C15H23N3O3. The van der Waals surface area contributed by atoms with Gasteiger partial charge in [0.15, 0.2) is 0 Å². The number of carbonyl (C=O) groups is 3. The molecule has 2 aliphatic heterocycles. The average molecular weight is 293 g/mol. The first-order valence-corrected chi connectivity index (χ1v) is 8.00. The number of hydrogen-bond donors (Lipinski definition) is 2. The number of hydrogen-bond acceptors (Lipinski definition) is 3. The van der Waals surface area contributed by atoms with Gasteiger partial charge in [-0.05, 0) is 18.8 Å². The highest BCUT2D eigenvalue weighted by atomic mass is 16.2. The molecule has 2 N–H and O–H groups in total. The van der Waals surface area contributed by atoms with Crippen LogP contribution in [0.15, 0.2) is 0 Å². The maximum absolute atomic E-state index is 12.3. The van der Waals surface area contributed by atoms with Crippen molar-refractivity contribution in [2.75, 3.05) is 13.1 Å². The Morgan fingerprint density at radius 2 is 2.00 bits per heavy atom. The molecule has 3 fully saturated rings. The van der Waals surface area contributed by atoms with E-state index in [-0.39, 0.29) is 11.8 Å². The molecule has 2 heterocycles. The Labute approximate surface area is 124 Å². The lowest BCUT2D eigenvalue weighted by Crippen LogP contribution is -2.49. The van der Waals surface area contributed by atoms with Crippen LogP contribution in [0, 0.1) is 5.92 Å². The number of amides is 4. The number of nitrogens with zero attached hydrogens (tertiary/aromatic N) is 1. The number of likely N-dealkylation sites (tertiary alicyclic amines) is 1. The largest absolute Gasteiger partial charge is 0.340 e. The van der Waals surface area contributed by atoms with Crippen LogP contribution < -0.4 is 10.6 Å². The third-order valence-corrected chi connectivity index (χ3v) is 5.13. The normalized spacial score (nSPS) is 29.8. The number of urea groups is 1.